The number of fused-ring (bicyclic) bond motifs is 1. The molecule has 1 atom stereocenters. The van der Waals surface area contributed by atoms with Crippen LogP contribution in [0.15, 0.2) is 57.7 Å². The second-order valence-corrected chi connectivity index (χ2v) is 7.90. The second kappa shape index (κ2) is 8.14. The summed E-state index contributed by atoms with van der Waals surface area (Å²) >= 11 is 1.65. The van der Waals surface area contributed by atoms with E-state index in [1.54, 1.807) is 11.3 Å². The monoisotopic (exact) mass is 406 g/mol. The molecule has 4 aromatic rings. The molecule has 1 aromatic carbocycles. The molecule has 3 heterocycles. The van der Waals surface area contributed by atoms with Crippen LogP contribution >= 0.6 is 11.3 Å². The third-order valence-electron chi connectivity index (χ3n) is 4.94. The van der Waals surface area contributed by atoms with Crippen molar-refractivity contribution in [2.24, 2.45) is 0 Å². The van der Waals surface area contributed by atoms with Crippen LogP contribution in [0, 0.1) is 6.92 Å². The fourth-order valence-electron chi connectivity index (χ4n) is 3.38. The Morgan fingerprint density at radius 3 is 2.72 bits per heavy atom. The Balaban J connectivity index is 1.67. The zero-order chi connectivity index (χ0) is 20.4. The van der Waals surface area contributed by atoms with Gasteiger partial charge in [-0.2, -0.15) is 11.3 Å². The van der Waals surface area contributed by atoms with Crippen molar-refractivity contribution in [3.05, 3.63) is 70.0 Å². The summed E-state index contributed by atoms with van der Waals surface area (Å²) in [7, 11) is 4.02. The van der Waals surface area contributed by atoms with Crippen molar-refractivity contribution >= 4 is 28.3 Å². The minimum atomic E-state index is -0.164. The van der Waals surface area contributed by atoms with Crippen LogP contribution in [0.25, 0.3) is 22.4 Å². The van der Waals surface area contributed by atoms with Gasteiger partial charge in [-0.05, 0) is 49.5 Å². The summed E-state index contributed by atoms with van der Waals surface area (Å²) < 4.78 is 5.38. The van der Waals surface area contributed by atoms with E-state index in [-0.39, 0.29) is 11.9 Å². The maximum absolute atomic E-state index is 13.2. The average Bonchev–Trinajstić information content (AvgIpc) is 3.38. The predicted molar refractivity (Wildman–Crippen MR) is 115 cm³/mol. The maximum Gasteiger partial charge on any atom is 0.259 e. The molecular weight excluding hydrogens is 384 g/mol. The summed E-state index contributed by atoms with van der Waals surface area (Å²) in [4.78, 5) is 19.8. The number of hydrogen-bond acceptors (Lipinski definition) is 6. The lowest BCUT2D eigenvalue weighted by Gasteiger charge is -2.24. The van der Waals surface area contributed by atoms with Gasteiger partial charge in [-0.3, -0.25) is 4.79 Å². The number of likely N-dealkylation sites (N-methyl/N-ethyl adjacent to an activating group) is 1. The van der Waals surface area contributed by atoms with Gasteiger partial charge in [0.25, 0.3) is 11.6 Å². The number of pyridine rings is 1. The van der Waals surface area contributed by atoms with Crippen LogP contribution in [0.2, 0.25) is 0 Å². The van der Waals surface area contributed by atoms with Crippen LogP contribution < -0.4 is 5.32 Å². The molecule has 0 spiro atoms. The smallest absolute Gasteiger partial charge is 0.259 e. The molecule has 7 heteroatoms. The lowest BCUT2D eigenvalue weighted by molar-refractivity contribution is 0.0943. The predicted octanol–water partition coefficient (Wildman–Crippen LogP) is 4.29. The molecule has 0 radical (unpaired) electrons. The molecule has 0 saturated carbocycles. The number of nitrogens with one attached hydrogen (secondary N) is 1. The molecule has 0 saturated heterocycles. The molecule has 148 valence electrons. The third kappa shape index (κ3) is 3.92. The first-order valence-electron chi connectivity index (χ1n) is 9.33. The van der Waals surface area contributed by atoms with Crippen molar-refractivity contribution in [3.8, 4) is 11.3 Å². The molecule has 0 aliphatic rings. The SMILES string of the molecule is Cc1noc2nc(-c3ccccc3)cc(C(=O)NCC(c3ccsc3)N(C)C)c12. The van der Waals surface area contributed by atoms with Crippen LogP contribution in [-0.4, -0.2) is 41.6 Å². The van der Waals surface area contributed by atoms with E-state index < -0.39 is 0 Å². The Kier molecular flexibility index (Phi) is 5.42. The third-order valence-corrected chi connectivity index (χ3v) is 5.64. The van der Waals surface area contributed by atoms with E-state index in [0.717, 1.165) is 5.56 Å². The van der Waals surface area contributed by atoms with Crippen molar-refractivity contribution < 1.29 is 9.32 Å². The number of nitrogens with zero attached hydrogens (tertiary/aromatic N) is 3. The zero-order valence-electron chi connectivity index (χ0n) is 16.5. The number of thiophene rings is 1. The van der Waals surface area contributed by atoms with Gasteiger partial charge in [-0.25, -0.2) is 4.98 Å². The van der Waals surface area contributed by atoms with Crippen LogP contribution in [0.1, 0.15) is 27.7 Å². The first-order chi connectivity index (χ1) is 14.0. The van der Waals surface area contributed by atoms with Gasteiger partial charge in [-0.1, -0.05) is 35.5 Å². The normalized spacial score (nSPS) is 12.4. The Labute approximate surface area is 173 Å². The van der Waals surface area contributed by atoms with Gasteiger partial charge in [0.1, 0.15) is 0 Å². The number of hydrogen-bond donors (Lipinski definition) is 1. The highest BCUT2D eigenvalue weighted by Gasteiger charge is 2.21. The van der Waals surface area contributed by atoms with Crippen LogP contribution in [0.4, 0.5) is 0 Å². The molecule has 1 N–H and O–H groups in total. The van der Waals surface area contributed by atoms with Crippen LogP contribution in [0.5, 0.6) is 0 Å². The first-order valence-corrected chi connectivity index (χ1v) is 10.3. The van der Waals surface area contributed by atoms with E-state index in [0.29, 0.717) is 34.6 Å². The molecule has 4 rings (SSSR count). The number of benzene rings is 1. The molecular formula is C22H22N4O2S. The zero-order valence-corrected chi connectivity index (χ0v) is 17.4. The lowest BCUT2D eigenvalue weighted by Crippen LogP contribution is -2.34. The highest BCUT2D eigenvalue weighted by Crippen LogP contribution is 2.27. The molecule has 0 aliphatic carbocycles. The molecule has 1 unspecified atom stereocenters. The molecule has 6 nitrogen and oxygen atoms in total. The van der Waals surface area contributed by atoms with E-state index in [2.05, 4.69) is 31.8 Å². The molecule has 0 fully saturated rings. The number of carbonyl (C=O) groups excluding carboxylic acids is 1. The fourth-order valence-corrected chi connectivity index (χ4v) is 4.09. The minimum absolute atomic E-state index is 0.0969. The Morgan fingerprint density at radius 1 is 1.24 bits per heavy atom. The van der Waals surface area contributed by atoms with Crippen molar-refractivity contribution in [2.75, 3.05) is 20.6 Å². The maximum atomic E-state index is 13.2. The molecule has 0 bridgehead atoms. The number of carbonyl (C=O) groups is 1. The second-order valence-electron chi connectivity index (χ2n) is 7.12. The van der Waals surface area contributed by atoms with E-state index in [1.807, 2.05) is 62.8 Å². The van der Waals surface area contributed by atoms with E-state index in [9.17, 15) is 4.79 Å². The van der Waals surface area contributed by atoms with Gasteiger partial charge in [0.05, 0.1) is 28.4 Å². The van der Waals surface area contributed by atoms with Crippen LogP contribution in [-0.2, 0) is 0 Å². The summed E-state index contributed by atoms with van der Waals surface area (Å²) in [5.74, 6) is -0.164. The van der Waals surface area contributed by atoms with Gasteiger partial charge >= 0.3 is 0 Å². The highest BCUT2D eigenvalue weighted by atomic mass is 32.1. The number of aryl methyl sites for hydroxylation is 1. The van der Waals surface area contributed by atoms with Gasteiger partial charge in [-0.15, -0.1) is 0 Å². The average molecular weight is 407 g/mol. The largest absolute Gasteiger partial charge is 0.350 e. The van der Waals surface area contributed by atoms with Crippen molar-refractivity contribution in [1.82, 2.24) is 20.4 Å². The van der Waals surface area contributed by atoms with E-state index in [4.69, 9.17) is 4.52 Å². The van der Waals surface area contributed by atoms with Crippen molar-refractivity contribution in [3.63, 3.8) is 0 Å². The summed E-state index contributed by atoms with van der Waals surface area (Å²) in [6.07, 6.45) is 0. The van der Waals surface area contributed by atoms with E-state index in [1.165, 1.54) is 5.56 Å². The van der Waals surface area contributed by atoms with Crippen LogP contribution in [0.3, 0.4) is 0 Å². The number of rotatable bonds is 6. The topological polar surface area (TPSA) is 71.3 Å². The van der Waals surface area contributed by atoms with Crippen molar-refractivity contribution in [2.45, 2.75) is 13.0 Å². The molecule has 29 heavy (non-hydrogen) atoms. The Bertz CT molecular complexity index is 1120. The van der Waals surface area contributed by atoms with Crippen molar-refractivity contribution in [1.29, 1.82) is 0 Å². The lowest BCUT2D eigenvalue weighted by atomic mass is 10.0. The summed E-state index contributed by atoms with van der Waals surface area (Å²) in [5, 5.41) is 11.9. The standard InChI is InChI=1S/C22H22N4O2S/c1-14-20-17(21(27)23-12-19(26(2)3)16-9-10-29-13-16)11-18(24-22(20)28-25-14)15-7-5-4-6-8-15/h4-11,13,19H,12H2,1-3H3,(H,23,27). The number of aromatic nitrogens is 2. The molecule has 3 aromatic heterocycles. The van der Waals surface area contributed by atoms with E-state index >= 15 is 0 Å². The minimum Gasteiger partial charge on any atom is -0.350 e. The van der Waals surface area contributed by atoms with Gasteiger partial charge in [0, 0.05) is 12.1 Å². The number of amides is 1. The Morgan fingerprint density at radius 2 is 2.03 bits per heavy atom. The van der Waals surface area contributed by atoms with Gasteiger partial charge < -0.3 is 14.7 Å². The molecule has 0 aliphatic heterocycles. The summed E-state index contributed by atoms with van der Waals surface area (Å²) in [6, 6.07) is 13.7. The fraction of sp³-hybridized carbons (Fsp3) is 0.227. The molecule has 1 amide bonds. The highest BCUT2D eigenvalue weighted by molar-refractivity contribution is 7.08. The first kappa shape index (κ1) is 19.3. The van der Waals surface area contributed by atoms with Gasteiger partial charge in [0.15, 0.2) is 0 Å². The Hall–Kier alpha value is -3.03. The quantitative estimate of drug-likeness (QED) is 0.517. The van der Waals surface area contributed by atoms with Gasteiger partial charge in [0.2, 0.25) is 0 Å². The summed E-state index contributed by atoms with van der Waals surface area (Å²) in [5.41, 5.74) is 4.33. The summed E-state index contributed by atoms with van der Waals surface area (Å²) in [6.45, 7) is 2.32.